The Balaban J connectivity index is 1.55. The fraction of sp³-hybridized carbons (Fsp3) is 0.371. The average Bonchev–Trinajstić information content (AvgIpc) is 3.31. The standard InChI is InChI=1S/C35H41N3O4/c1-23-19-38(24(2)21-39)35(41)33-32(29-17-11-12-18-30(29)37(33)5)28-16-10-9-15-27(28)22-42-31(23)20-36(4)34(40)25(3)26-13-7-6-8-14-26/h6-18,23-25,31,39H,19-22H2,1-5H3/t23-,24-,25-,31+/m1/s1. The van der Waals surface area contributed by atoms with Crippen LogP contribution in [0.2, 0.25) is 0 Å². The number of nitrogens with zero attached hydrogens (tertiary/aromatic N) is 3. The molecule has 3 aromatic carbocycles. The number of carbonyl (C=O) groups is 2. The van der Waals surface area contributed by atoms with Crippen LogP contribution in [0.3, 0.4) is 0 Å². The van der Waals surface area contributed by atoms with E-state index in [2.05, 4.69) is 13.0 Å². The van der Waals surface area contributed by atoms with Crippen molar-refractivity contribution in [2.24, 2.45) is 13.0 Å². The molecule has 0 saturated carbocycles. The zero-order chi connectivity index (χ0) is 30.0. The SMILES string of the molecule is C[C@@H]1CN([C@H](C)CO)C(=O)c2c(c3ccccc3n2C)-c2ccccc2CO[C@H]1CN(C)C(=O)[C@H](C)c1ccccc1. The highest BCUT2D eigenvalue weighted by atomic mass is 16.5. The molecule has 0 saturated heterocycles. The van der Waals surface area contributed by atoms with Gasteiger partial charge in [0.15, 0.2) is 0 Å². The van der Waals surface area contributed by atoms with Gasteiger partial charge in [-0.25, -0.2) is 0 Å². The summed E-state index contributed by atoms with van der Waals surface area (Å²) in [4.78, 5) is 31.5. The molecule has 0 radical (unpaired) electrons. The van der Waals surface area contributed by atoms with Gasteiger partial charge in [-0.1, -0.05) is 79.7 Å². The molecule has 0 spiro atoms. The molecule has 5 rings (SSSR count). The van der Waals surface area contributed by atoms with Crippen LogP contribution in [-0.4, -0.2) is 70.2 Å². The first-order valence-corrected chi connectivity index (χ1v) is 14.7. The summed E-state index contributed by atoms with van der Waals surface area (Å²) in [6, 6.07) is 25.5. The molecule has 42 heavy (non-hydrogen) atoms. The second-order valence-corrected chi connectivity index (χ2v) is 11.6. The van der Waals surface area contributed by atoms with Crippen molar-refractivity contribution in [3.05, 3.63) is 95.7 Å². The molecule has 7 heteroatoms. The number of aliphatic hydroxyl groups excluding tert-OH is 1. The molecule has 4 aromatic rings. The van der Waals surface area contributed by atoms with Gasteiger partial charge in [-0.15, -0.1) is 0 Å². The summed E-state index contributed by atoms with van der Waals surface area (Å²) in [7, 11) is 3.75. The summed E-state index contributed by atoms with van der Waals surface area (Å²) < 4.78 is 8.62. The van der Waals surface area contributed by atoms with E-state index in [4.69, 9.17) is 4.74 Å². The van der Waals surface area contributed by atoms with E-state index in [0.717, 1.165) is 33.2 Å². The number of aliphatic hydroxyl groups is 1. The number of hydrogen-bond acceptors (Lipinski definition) is 4. The number of benzene rings is 3. The predicted molar refractivity (Wildman–Crippen MR) is 166 cm³/mol. The van der Waals surface area contributed by atoms with E-state index in [1.165, 1.54) is 0 Å². The van der Waals surface area contributed by atoms with Gasteiger partial charge >= 0.3 is 0 Å². The lowest BCUT2D eigenvalue weighted by molar-refractivity contribution is -0.134. The predicted octanol–water partition coefficient (Wildman–Crippen LogP) is 5.47. The lowest BCUT2D eigenvalue weighted by atomic mass is 9.96. The summed E-state index contributed by atoms with van der Waals surface area (Å²) in [6.07, 6.45) is -0.339. The second kappa shape index (κ2) is 12.5. The molecule has 1 aliphatic rings. The first-order valence-electron chi connectivity index (χ1n) is 14.7. The Bertz CT molecular complexity index is 1560. The number of carbonyl (C=O) groups excluding carboxylic acids is 2. The normalized spacial score (nSPS) is 19.0. The maximum atomic E-state index is 14.5. The molecule has 0 unspecified atom stereocenters. The second-order valence-electron chi connectivity index (χ2n) is 11.6. The van der Waals surface area contributed by atoms with E-state index in [0.29, 0.717) is 25.4 Å². The van der Waals surface area contributed by atoms with Crippen molar-refractivity contribution in [1.29, 1.82) is 0 Å². The minimum atomic E-state index is -0.403. The van der Waals surface area contributed by atoms with Crippen LogP contribution in [-0.2, 0) is 23.2 Å². The molecule has 1 N–H and O–H groups in total. The van der Waals surface area contributed by atoms with Crippen LogP contribution in [0, 0.1) is 5.92 Å². The number of aromatic nitrogens is 1. The Morgan fingerprint density at radius 1 is 1.02 bits per heavy atom. The first-order chi connectivity index (χ1) is 20.2. The quantitative estimate of drug-likeness (QED) is 0.336. The van der Waals surface area contributed by atoms with E-state index in [-0.39, 0.29) is 36.4 Å². The molecule has 0 aliphatic carbocycles. The number of rotatable bonds is 6. The van der Waals surface area contributed by atoms with Crippen molar-refractivity contribution in [2.75, 3.05) is 26.7 Å². The van der Waals surface area contributed by atoms with Crippen LogP contribution in [0.1, 0.15) is 48.3 Å². The molecule has 2 amide bonds. The Labute approximate surface area is 248 Å². The van der Waals surface area contributed by atoms with Gasteiger partial charge in [0.05, 0.1) is 31.3 Å². The van der Waals surface area contributed by atoms with Crippen LogP contribution in [0.15, 0.2) is 78.9 Å². The van der Waals surface area contributed by atoms with E-state index in [1.54, 1.807) is 9.80 Å². The number of amides is 2. The summed E-state index contributed by atoms with van der Waals surface area (Å²) in [5, 5.41) is 11.2. The topological polar surface area (TPSA) is 75.0 Å². The van der Waals surface area contributed by atoms with Crippen molar-refractivity contribution in [1.82, 2.24) is 14.4 Å². The summed E-state index contributed by atoms with van der Waals surface area (Å²) in [5.74, 6) is -0.518. The lowest BCUT2D eigenvalue weighted by Crippen LogP contribution is -2.48. The van der Waals surface area contributed by atoms with Gasteiger partial charge in [-0.3, -0.25) is 9.59 Å². The molecular formula is C35H41N3O4. The molecule has 220 valence electrons. The highest BCUT2D eigenvalue weighted by molar-refractivity contribution is 6.10. The van der Waals surface area contributed by atoms with Gasteiger partial charge in [0.2, 0.25) is 5.91 Å². The maximum absolute atomic E-state index is 14.5. The molecule has 0 bridgehead atoms. The summed E-state index contributed by atoms with van der Waals surface area (Å²) in [5.41, 5.74) is 5.35. The van der Waals surface area contributed by atoms with Crippen LogP contribution in [0.4, 0.5) is 0 Å². The molecule has 4 atom stereocenters. The Kier molecular flexibility index (Phi) is 8.80. The summed E-state index contributed by atoms with van der Waals surface area (Å²) in [6.45, 7) is 6.79. The molecule has 2 heterocycles. The molecule has 7 nitrogen and oxygen atoms in total. The van der Waals surface area contributed by atoms with E-state index in [9.17, 15) is 14.7 Å². The highest BCUT2D eigenvalue weighted by Crippen LogP contribution is 2.38. The fourth-order valence-electron chi connectivity index (χ4n) is 6.10. The number of para-hydroxylation sites is 1. The van der Waals surface area contributed by atoms with Gasteiger partial charge in [0.25, 0.3) is 5.91 Å². The van der Waals surface area contributed by atoms with E-state index < -0.39 is 6.04 Å². The number of likely N-dealkylation sites (N-methyl/N-ethyl adjacent to an activating group) is 1. The smallest absolute Gasteiger partial charge is 0.271 e. The Morgan fingerprint density at radius 2 is 1.69 bits per heavy atom. The third-order valence-electron chi connectivity index (χ3n) is 8.73. The van der Waals surface area contributed by atoms with Crippen LogP contribution < -0.4 is 0 Å². The molecule has 0 fully saturated rings. The molecular weight excluding hydrogens is 526 g/mol. The van der Waals surface area contributed by atoms with Gasteiger partial charge in [0.1, 0.15) is 5.69 Å². The number of fused-ring (bicyclic) bond motifs is 5. The summed E-state index contributed by atoms with van der Waals surface area (Å²) >= 11 is 0. The van der Waals surface area contributed by atoms with Crippen molar-refractivity contribution >= 4 is 22.7 Å². The molecule has 1 aromatic heterocycles. The van der Waals surface area contributed by atoms with Crippen LogP contribution in [0.5, 0.6) is 0 Å². The van der Waals surface area contributed by atoms with E-state index >= 15 is 0 Å². The molecule has 1 aliphatic heterocycles. The van der Waals surface area contributed by atoms with Gasteiger partial charge in [-0.05, 0) is 36.6 Å². The zero-order valence-electron chi connectivity index (χ0n) is 25.2. The third kappa shape index (κ3) is 5.59. The number of ether oxygens (including phenoxy) is 1. The van der Waals surface area contributed by atoms with Crippen LogP contribution >= 0.6 is 0 Å². The lowest BCUT2D eigenvalue weighted by Gasteiger charge is -2.35. The first kappa shape index (κ1) is 29.5. The fourth-order valence-corrected chi connectivity index (χ4v) is 6.10. The van der Waals surface area contributed by atoms with Crippen molar-refractivity contribution in [2.45, 2.75) is 45.4 Å². The minimum absolute atomic E-state index is 0.0160. The minimum Gasteiger partial charge on any atom is -0.394 e. The Hall–Kier alpha value is -3.94. The third-order valence-corrected chi connectivity index (χ3v) is 8.73. The zero-order valence-corrected chi connectivity index (χ0v) is 25.2. The number of aryl methyl sites for hydroxylation is 1. The van der Waals surface area contributed by atoms with Crippen molar-refractivity contribution < 1.29 is 19.4 Å². The van der Waals surface area contributed by atoms with Crippen LogP contribution in [0.25, 0.3) is 22.0 Å². The van der Waals surface area contributed by atoms with E-state index in [1.807, 2.05) is 105 Å². The maximum Gasteiger partial charge on any atom is 0.271 e. The largest absolute Gasteiger partial charge is 0.394 e. The number of hydrogen-bond donors (Lipinski definition) is 1. The average molecular weight is 568 g/mol. The Morgan fingerprint density at radius 3 is 2.43 bits per heavy atom. The van der Waals surface area contributed by atoms with Gasteiger partial charge in [0, 0.05) is 49.6 Å². The van der Waals surface area contributed by atoms with Crippen molar-refractivity contribution in [3.8, 4) is 11.1 Å². The highest BCUT2D eigenvalue weighted by Gasteiger charge is 2.34. The van der Waals surface area contributed by atoms with Crippen molar-refractivity contribution in [3.63, 3.8) is 0 Å². The van der Waals surface area contributed by atoms with Gasteiger partial charge < -0.3 is 24.2 Å². The van der Waals surface area contributed by atoms with Gasteiger partial charge in [-0.2, -0.15) is 0 Å². The monoisotopic (exact) mass is 567 g/mol.